The first-order chi connectivity index (χ1) is 9.54. The molecule has 0 radical (unpaired) electrons. The Morgan fingerprint density at radius 2 is 2.20 bits per heavy atom. The van der Waals surface area contributed by atoms with Crippen molar-refractivity contribution in [3.8, 4) is 0 Å². The number of hydrogen-bond acceptors (Lipinski definition) is 8. The van der Waals surface area contributed by atoms with Gasteiger partial charge in [0, 0.05) is 17.3 Å². The predicted octanol–water partition coefficient (Wildman–Crippen LogP) is 0.168. The molecule has 2 aromatic rings. The van der Waals surface area contributed by atoms with Crippen LogP contribution in [0.3, 0.4) is 0 Å². The highest BCUT2D eigenvalue weighted by Gasteiger charge is 2.42. The van der Waals surface area contributed by atoms with E-state index in [1.54, 1.807) is 0 Å². The second-order valence-electron chi connectivity index (χ2n) is 3.95. The lowest BCUT2D eigenvalue weighted by molar-refractivity contribution is 0.0865. The number of nitrogen functional groups attached to an aromatic ring is 1. The Hall–Kier alpha value is -2.04. The van der Waals surface area contributed by atoms with Gasteiger partial charge in [-0.05, 0) is 12.1 Å². The molecule has 0 fully saturated rings. The summed E-state index contributed by atoms with van der Waals surface area (Å²) in [4.78, 5) is 20.5. The molecule has 10 heteroatoms. The SMILES string of the molecule is NNc1ncc(CN2C(=O)c3cccnc3S2(=O)=O)s1. The number of nitrogens with two attached hydrogens (primary N) is 1. The number of carbonyl (C=O) groups is 1. The molecule has 1 aliphatic rings. The highest BCUT2D eigenvalue weighted by molar-refractivity contribution is 7.90. The van der Waals surface area contributed by atoms with Crippen molar-refractivity contribution in [3.05, 3.63) is 35.0 Å². The lowest BCUT2D eigenvalue weighted by Gasteiger charge is -2.12. The third-order valence-corrected chi connectivity index (χ3v) is 5.34. The van der Waals surface area contributed by atoms with Crippen LogP contribution in [0.2, 0.25) is 0 Å². The van der Waals surface area contributed by atoms with Crippen molar-refractivity contribution in [1.82, 2.24) is 14.3 Å². The number of anilines is 1. The Kier molecular flexibility index (Phi) is 2.92. The van der Waals surface area contributed by atoms with Gasteiger partial charge >= 0.3 is 0 Å². The number of thiazole rings is 1. The van der Waals surface area contributed by atoms with Gasteiger partial charge in [-0.1, -0.05) is 11.3 Å². The summed E-state index contributed by atoms with van der Waals surface area (Å²) >= 11 is 1.18. The zero-order valence-electron chi connectivity index (χ0n) is 9.98. The van der Waals surface area contributed by atoms with E-state index in [1.165, 1.54) is 35.9 Å². The molecule has 3 rings (SSSR count). The monoisotopic (exact) mass is 311 g/mol. The van der Waals surface area contributed by atoms with E-state index in [0.717, 1.165) is 4.31 Å². The fourth-order valence-electron chi connectivity index (χ4n) is 1.85. The average molecular weight is 311 g/mol. The summed E-state index contributed by atoms with van der Waals surface area (Å²) < 4.78 is 25.3. The van der Waals surface area contributed by atoms with Gasteiger partial charge in [0.2, 0.25) is 0 Å². The van der Waals surface area contributed by atoms with Crippen molar-refractivity contribution in [2.24, 2.45) is 5.84 Å². The molecular formula is C10H9N5O3S2. The number of aromatic nitrogens is 2. The standard InChI is InChI=1S/C10H9N5O3S2/c11-14-10-13-4-6(19-10)5-15-9(16)7-2-1-3-12-8(7)20(15,17)18/h1-4H,5,11H2,(H,13,14). The lowest BCUT2D eigenvalue weighted by Crippen LogP contribution is -2.29. The summed E-state index contributed by atoms with van der Waals surface area (Å²) in [6.07, 6.45) is 2.81. The molecule has 104 valence electrons. The summed E-state index contributed by atoms with van der Waals surface area (Å²) in [6.45, 7) is -0.0864. The first kappa shape index (κ1) is 13.0. The molecule has 3 N–H and O–H groups in total. The maximum Gasteiger partial charge on any atom is 0.285 e. The molecule has 0 spiro atoms. The second kappa shape index (κ2) is 4.51. The molecule has 0 bridgehead atoms. The normalized spacial score (nSPS) is 16.2. The summed E-state index contributed by atoms with van der Waals surface area (Å²) in [5.41, 5.74) is 2.46. The molecule has 8 nitrogen and oxygen atoms in total. The van der Waals surface area contributed by atoms with E-state index >= 15 is 0 Å². The second-order valence-corrected chi connectivity index (χ2v) is 6.84. The van der Waals surface area contributed by atoms with Gasteiger partial charge < -0.3 is 0 Å². The number of carbonyl (C=O) groups excluding carboxylic acids is 1. The van der Waals surface area contributed by atoms with Crippen LogP contribution in [0.25, 0.3) is 0 Å². The van der Waals surface area contributed by atoms with E-state index in [9.17, 15) is 13.2 Å². The lowest BCUT2D eigenvalue weighted by atomic mass is 10.3. The van der Waals surface area contributed by atoms with E-state index in [4.69, 9.17) is 5.84 Å². The number of amides is 1. The van der Waals surface area contributed by atoms with Crippen molar-refractivity contribution in [1.29, 1.82) is 0 Å². The number of sulfonamides is 1. The number of fused-ring (bicyclic) bond motifs is 1. The summed E-state index contributed by atoms with van der Waals surface area (Å²) in [7, 11) is -3.89. The van der Waals surface area contributed by atoms with Crippen LogP contribution in [0, 0.1) is 0 Å². The molecule has 0 aliphatic carbocycles. The number of nitrogens with zero attached hydrogens (tertiary/aromatic N) is 3. The van der Waals surface area contributed by atoms with Crippen LogP contribution in [0.15, 0.2) is 29.6 Å². The number of nitrogens with one attached hydrogen (secondary N) is 1. The molecule has 1 aliphatic heterocycles. The van der Waals surface area contributed by atoms with Crippen LogP contribution in [0.4, 0.5) is 5.13 Å². The third kappa shape index (κ3) is 1.85. The highest BCUT2D eigenvalue weighted by Crippen LogP contribution is 2.30. The topological polar surface area (TPSA) is 118 Å². The first-order valence-electron chi connectivity index (χ1n) is 5.47. The smallest absolute Gasteiger partial charge is 0.285 e. The average Bonchev–Trinajstić information content (AvgIpc) is 2.97. The number of pyridine rings is 1. The van der Waals surface area contributed by atoms with Crippen LogP contribution in [0.1, 0.15) is 15.2 Å². The van der Waals surface area contributed by atoms with Gasteiger partial charge in [-0.3, -0.25) is 10.2 Å². The molecule has 1 amide bonds. The minimum Gasteiger partial charge on any atom is -0.300 e. The maximum absolute atomic E-state index is 12.3. The maximum atomic E-state index is 12.3. The van der Waals surface area contributed by atoms with E-state index < -0.39 is 15.9 Å². The van der Waals surface area contributed by atoms with Gasteiger partial charge in [0.15, 0.2) is 10.2 Å². The van der Waals surface area contributed by atoms with Crippen LogP contribution in [0.5, 0.6) is 0 Å². The van der Waals surface area contributed by atoms with Crippen LogP contribution in [-0.4, -0.2) is 28.6 Å². The number of hydrazine groups is 1. The fraction of sp³-hybridized carbons (Fsp3) is 0.100. The predicted molar refractivity (Wildman–Crippen MR) is 71.2 cm³/mol. The summed E-state index contributed by atoms with van der Waals surface area (Å²) in [5, 5.41) is 0.242. The molecule has 20 heavy (non-hydrogen) atoms. The zero-order chi connectivity index (χ0) is 14.3. The van der Waals surface area contributed by atoms with Crippen molar-refractivity contribution < 1.29 is 13.2 Å². The van der Waals surface area contributed by atoms with Crippen molar-refractivity contribution in [2.75, 3.05) is 5.43 Å². The van der Waals surface area contributed by atoms with Crippen LogP contribution in [-0.2, 0) is 16.6 Å². The van der Waals surface area contributed by atoms with Gasteiger partial charge in [-0.25, -0.2) is 20.1 Å². The molecule has 0 saturated carbocycles. The Bertz CT molecular complexity index is 786. The minimum absolute atomic E-state index is 0.0864. The fourth-order valence-corrected chi connectivity index (χ4v) is 4.11. The number of rotatable bonds is 3. The van der Waals surface area contributed by atoms with Gasteiger partial charge in [0.05, 0.1) is 12.1 Å². The van der Waals surface area contributed by atoms with Gasteiger partial charge in [-0.2, -0.15) is 8.42 Å². The van der Waals surface area contributed by atoms with E-state index in [0.29, 0.717) is 10.0 Å². The molecule has 0 aromatic carbocycles. The highest BCUT2D eigenvalue weighted by atomic mass is 32.2. The summed E-state index contributed by atoms with van der Waals surface area (Å²) in [6, 6.07) is 2.97. The Labute approximate surface area is 118 Å². The third-order valence-electron chi connectivity index (χ3n) is 2.74. The summed E-state index contributed by atoms with van der Waals surface area (Å²) in [5.74, 6) is 4.63. The van der Waals surface area contributed by atoms with Gasteiger partial charge in [0.25, 0.3) is 15.9 Å². The van der Waals surface area contributed by atoms with Gasteiger partial charge in [0.1, 0.15) is 0 Å². The van der Waals surface area contributed by atoms with Crippen molar-refractivity contribution in [2.45, 2.75) is 11.6 Å². The first-order valence-corrected chi connectivity index (χ1v) is 7.73. The van der Waals surface area contributed by atoms with Crippen molar-refractivity contribution >= 4 is 32.4 Å². The van der Waals surface area contributed by atoms with E-state index in [1.807, 2.05) is 0 Å². The zero-order valence-corrected chi connectivity index (χ0v) is 11.6. The van der Waals surface area contributed by atoms with Crippen LogP contribution >= 0.6 is 11.3 Å². The van der Waals surface area contributed by atoms with Crippen molar-refractivity contribution in [3.63, 3.8) is 0 Å². The molecule has 2 aromatic heterocycles. The Morgan fingerprint density at radius 1 is 1.40 bits per heavy atom. The minimum atomic E-state index is -3.89. The molecular weight excluding hydrogens is 302 g/mol. The van der Waals surface area contributed by atoms with Gasteiger partial charge in [-0.15, -0.1) is 0 Å². The Morgan fingerprint density at radius 3 is 2.85 bits per heavy atom. The Balaban J connectivity index is 1.98. The molecule has 0 atom stereocenters. The quantitative estimate of drug-likeness (QED) is 0.612. The van der Waals surface area contributed by atoms with E-state index in [2.05, 4.69) is 15.4 Å². The number of hydrogen-bond donors (Lipinski definition) is 2. The van der Waals surface area contributed by atoms with Crippen LogP contribution < -0.4 is 11.3 Å². The molecule has 0 unspecified atom stereocenters. The largest absolute Gasteiger partial charge is 0.300 e. The van der Waals surface area contributed by atoms with E-state index in [-0.39, 0.29) is 17.1 Å². The molecule has 0 saturated heterocycles. The molecule has 3 heterocycles.